The average molecular weight is 576 g/mol. The van der Waals surface area contributed by atoms with Gasteiger partial charge in [-0.3, -0.25) is 4.55 Å². The average Bonchev–Trinajstić information content (AvgIpc) is 2.92. The van der Waals surface area contributed by atoms with Crippen molar-refractivity contribution in [2.45, 2.75) is 11.8 Å². The van der Waals surface area contributed by atoms with Crippen molar-refractivity contribution in [1.82, 2.24) is 15.0 Å². The molecule has 1 aromatic heterocycles. The molecule has 0 radical (unpaired) electrons. The summed E-state index contributed by atoms with van der Waals surface area (Å²) in [6, 6.07) is 22.5. The highest BCUT2D eigenvalue weighted by atomic mass is 35.5. The van der Waals surface area contributed by atoms with Crippen molar-refractivity contribution in [2.24, 2.45) is 10.2 Å². The van der Waals surface area contributed by atoms with Gasteiger partial charge in [0.15, 0.2) is 5.75 Å². The van der Waals surface area contributed by atoms with Crippen LogP contribution in [0.5, 0.6) is 5.75 Å². The summed E-state index contributed by atoms with van der Waals surface area (Å²) in [6.07, 6.45) is 0. The lowest BCUT2D eigenvalue weighted by molar-refractivity contribution is 0.472. The zero-order valence-corrected chi connectivity index (χ0v) is 22.8. The summed E-state index contributed by atoms with van der Waals surface area (Å²) in [6.45, 7) is 1.82. The number of rotatable bonds is 7. The van der Waals surface area contributed by atoms with Crippen molar-refractivity contribution in [3.8, 4) is 5.75 Å². The van der Waals surface area contributed by atoms with E-state index in [1.807, 2.05) is 49.4 Å². The molecule has 0 saturated carbocycles. The van der Waals surface area contributed by atoms with Crippen LogP contribution in [-0.2, 0) is 10.1 Å². The van der Waals surface area contributed by atoms with Crippen LogP contribution in [-0.4, -0.2) is 40.1 Å². The number of halogens is 1. The smallest absolute Gasteiger partial charge is 0.296 e. The van der Waals surface area contributed by atoms with Gasteiger partial charge in [-0.2, -0.15) is 28.5 Å². The van der Waals surface area contributed by atoms with E-state index in [2.05, 4.69) is 30.5 Å². The van der Waals surface area contributed by atoms with Crippen molar-refractivity contribution in [3.05, 3.63) is 89.7 Å². The Morgan fingerprint density at radius 3 is 2.38 bits per heavy atom. The van der Waals surface area contributed by atoms with Crippen LogP contribution in [0.25, 0.3) is 10.8 Å². The van der Waals surface area contributed by atoms with Crippen LogP contribution in [0.2, 0.25) is 5.28 Å². The van der Waals surface area contributed by atoms with E-state index in [0.717, 1.165) is 11.3 Å². The third-order valence-corrected chi connectivity index (χ3v) is 7.04. The largest absolute Gasteiger partial charge is 0.505 e. The highest BCUT2D eigenvalue weighted by Gasteiger charge is 2.23. The summed E-state index contributed by atoms with van der Waals surface area (Å²) in [4.78, 5) is 13.8. The summed E-state index contributed by atoms with van der Waals surface area (Å²) in [5.74, 6) is -0.0151. The molecule has 4 aromatic carbocycles. The number of nitrogens with zero attached hydrogens (tertiary/aromatic N) is 6. The Labute approximate surface area is 234 Å². The first-order chi connectivity index (χ1) is 19.1. The van der Waals surface area contributed by atoms with E-state index < -0.39 is 20.8 Å². The lowest BCUT2D eigenvalue weighted by Gasteiger charge is -2.19. The molecule has 0 atom stereocenters. The quantitative estimate of drug-likeness (QED) is 0.139. The van der Waals surface area contributed by atoms with Crippen LogP contribution in [0.15, 0.2) is 94.0 Å². The number of nitrogens with one attached hydrogen (secondary N) is 1. The van der Waals surface area contributed by atoms with Gasteiger partial charge in [0.05, 0.1) is 5.69 Å². The van der Waals surface area contributed by atoms with Gasteiger partial charge < -0.3 is 15.3 Å². The van der Waals surface area contributed by atoms with Crippen molar-refractivity contribution in [1.29, 1.82) is 0 Å². The van der Waals surface area contributed by atoms with E-state index >= 15 is 0 Å². The maximum absolute atomic E-state index is 12.3. The Kier molecular flexibility index (Phi) is 7.30. The number of fused-ring (bicyclic) bond motifs is 1. The molecule has 0 saturated heterocycles. The van der Waals surface area contributed by atoms with Gasteiger partial charge in [-0.15, -0.1) is 5.11 Å². The molecular formula is C27H22ClN7O4S. The van der Waals surface area contributed by atoms with Crippen molar-refractivity contribution < 1.29 is 18.1 Å². The normalized spacial score (nSPS) is 11.7. The Morgan fingerprint density at radius 2 is 1.65 bits per heavy atom. The number of hydrogen-bond donors (Lipinski definition) is 3. The van der Waals surface area contributed by atoms with Crippen molar-refractivity contribution in [3.63, 3.8) is 0 Å². The predicted molar refractivity (Wildman–Crippen MR) is 153 cm³/mol. The van der Waals surface area contributed by atoms with E-state index in [4.69, 9.17) is 11.6 Å². The van der Waals surface area contributed by atoms with Gasteiger partial charge in [0.1, 0.15) is 10.6 Å². The molecule has 202 valence electrons. The van der Waals surface area contributed by atoms with E-state index in [1.54, 1.807) is 42.3 Å². The molecule has 3 N–H and O–H groups in total. The van der Waals surface area contributed by atoms with Gasteiger partial charge >= 0.3 is 0 Å². The van der Waals surface area contributed by atoms with Gasteiger partial charge in [-0.25, -0.2) is 0 Å². The van der Waals surface area contributed by atoms with Gasteiger partial charge in [-0.05, 0) is 71.9 Å². The number of hydrogen-bond acceptors (Lipinski definition) is 10. The Bertz CT molecular complexity index is 1870. The molecule has 0 aliphatic heterocycles. The summed E-state index contributed by atoms with van der Waals surface area (Å²) in [7, 11) is -3.09. The number of phenolic OH excluding ortho intramolecular Hbond substituents is 1. The minimum atomic E-state index is -4.77. The standard InChI is InChI=1S/C27H22ClN7O4S/c1-16-8-6-7-11-21(16)33-34-23-22(40(37,38)39)15-17-14-19(12-13-20(17)24(23)36)35(2)27-31-25(28)30-26(32-27)29-18-9-4-3-5-10-18/h3-15,36H,1-2H3,(H,37,38,39)(H,29,30,31,32). The maximum Gasteiger partial charge on any atom is 0.296 e. The van der Waals surface area contributed by atoms with Gasteiger partial charge in [0, 0.05) is 23.8 Å². The molecule has 5 rings (SSSR count). The zero-order valence-electron chi connectivity index (χ0n) is 21.2. The molecule has 0 aliphatic rings. The molecular weight excluding hydrogens is 554 g/mol. The highest BCUT2D eigenvalue weighted by molar-refractivity contribution is 7.86. The molecule has 0 amide bonds. The minimum absolute atomic E-state index is 0.0361. The predicted octanol–water partition coefficient (Wildman–Crippen LogP) is 6.87. The fourth-order valence-corrected chi connectivity index (χ4v) is 4.75. The van der Waals surface area contributed by atoms with Crippen LogP contribution < -0.4 is 10.2 Å². The topological polar surface area (TPSA) is 153 Å². The van der Waals surface area contributed by atoms with Crippen LogP contribution >= 0.6 is 11.6 Å². The van der Waals surface area contributed by atoms with Gasteiger partial charge in [-0.1, -0.05) is 36.4 Å². The number of aromatic hydroxyl groups is 1. The summed E-state index contributed by atoms with van der Waals surface area (Å²) in [5.41, 5.74) is 2.20. The monoisotopic (exact) mass is 575 g/mol. The van der Waals surface area contributed by atoms with Gasteiger partial charge in [0.2, 0.25) is 17.2 Å². The van der Waals surface area contributed by atoms with Crippen LogP contribution in [0.1, 0.15) is 5.56 Å². The van der Waals surface area contributed by atoms with Gasteiger partial charge in [0.25, 0.3) is 10.1 Å². The molecule has 40 heavy (non-hydrogen) atoms. The van der Waals surface area contributed by atoms with Crippen LogP contribution in [0.4, 0.5) is 34.6 Å². The van der Waals surface area contributed by atoms with E-state index in [0.29, 0.717) is 22.1 Å². The third kappa shape index (κ3) is 5.69. The zero-order chi connectivity index (χ0) is 28.4. The van der Waals surface area contributed by atoms with E-state index in [1.165, 1.54) is 6.07 Å². The number of aromatic nitrogens is 3. The molecule has 13 heteroatoms. The molecule has 11 nitrogen and oxygen atoms in total. The number of para-hydroxylation sites is 1. The second-order valence-corrected chi connectivity index (χ2v) is 10.4. The second-order valence-electron chi connectivity index (χ2n) is 8.72. The number of aryl methyl sites for hydroxylation is 1. The molecule has 0 spiro atoms. The first kappa shape index (κ1) is 26.9. The summed E-state index contributed by atoms with van der Waals surface area (Å²) in [5, 5.41) is 22.7. The first-order valence-corrected chi connectivity index (χ1v) is 13.6. The minimum Gasteiger partial charge on any atom is -0.505 e. The lowest BCUT2D eigenvalue weighted by atomic mass is 10.1. The summed E-state index contributed by atoms with van der Waals surface area (Å²) >= 11 is 6.16. The SMILES string of the molecule is Cc1ccccc1N=Nc1c(S(=O)(=O)O)cc2cc(N(C)c3nc(Cl)nc(Nc4ccccc4)n3)ccc2c1O. The Balaban J connectivity index is 1.55. The number of benzene rings is 4. The molecule has 0 aliphatic carbocycles. The first-order valence-electron chi connectivity index (χ1n) is 11.8. The Hall–Kier alpha value is -4.65. The number of phenols is 1. The molecule has 0 bridgehead atoms. The van der Waals surface area contributed by atoms with Crippen LogP contribution in [0.3, 0.4) is 0 Å². The van der Waals surface area contributed by atoms with E-state index in [9.17, 15) is 18.1 Å². The third-order valence-electron chi connectivity index (χ3n) is 6.00. The molecule has 1 heterocycles. The number of azo groups is 1. The fraction of sp³-hybridized carbons (Fsp3) is 0.0741. The fourth-order valence-electron chi connectivity index (χ4n) is 3.93. The number of anilines is 4. The second kappa shape index (κ2) is 10.8. The van der Waals surface area contributed by atoms with E-state index in [-0.39, 0.29) is 22.9 Å². The maximum atomic E-state index is 12.3. The molecule has 0 unspecified atom stereocenters. The Morgan fingerprint density at radius 1 is 0.925 bits per heavy atom. The summed E-state index contributed by atoms with van der Waals surface area (Å²) < 4.78 is 34.5. The highest BCUT2D eigenvalue weighted by Crippen LogP contribution is 2.42. The molecule has 5 aromatic rings. The van der Waals surface area contributed by atoms with Crippen molar-refractivity contribution >= 4 is 67.1 Å². The molecule has 0 fully saturated rings. The van der Waals surface area contributed by atoms with Crippen LogP contribution in [0, 0.1) is 6.92 Å². The van der Waals surface area contributed by atoms with Crippen molar-refractivity contribution in [2.75, 3.05) is 17.3 Å². The lowest BCUT2D eigenvalue weighted by Crippen LogP contribution is -2.15.